The van der Waals surface area contributed by atoms with Crippen LogP contribution in [0.1, 0.15) is 32.8 Å². The molecule has 114 valence electrons. The van der Waals surface area contributed by atoms with Crippen molar-refractivity contribution < 1.29 is 5.11 Å². The molecular weight excluding hydrogens is 260 g/mol. The van der Waals surface area contributed by atoms with E-state index in [1.54, 1.807) is 0 Å². The van der Waals surface area contributed by atoms with Gasteiger partial charge in [0.2, 0.25) is 0 Å². The smallest absolute Gasteiger partial charge is 0.0746 e. The maximum Gasteiger partial charge on any atom is 0.0746 e. The Hall–Kier alpha value is -1.45. The van der Waals surface area contributed by atoms with Crippen LogP contribution in [-0.2, 0) is 6.54 Å². The summed E-state index contributed by atoms with van der Waals surface area (Å²) >= 11 is 0. The first-order valence-electron chi connectivity index (χ1n) is 7.65. The van der Waals surface area contributed by atoms with Gasteiger partial charge in [-0.05, 0) is 23.5 Å². The van der Waals surface area contributed by atoms with Gasteiger partial charge in [-0.3, -0.25) is 9.88 Å². The highest BCUT2D eigenvalue weighted by Crippen LogP contribution is 2.21. The molecule has 1 aromatic carbocycles. The van der Waals surface area contributed by atoms with Gasteiger partial charge >= 0.3 is 0 Å². The van der Waals surface area contributed by atoms with Gasteiger partial charge in [0, 0.05) is 37.8 Å². The molecule has 0 bridgehead atoms. The quantitative estimate of drug-likeness (QED) is 0.883. The second-order valence-electron chi connectivity index (χ2n) is 6.84. The van der Waals surface area contributed by atoms with Crippen LogP contribution < -0.4 is 0 Å². The van der Waals surface area contributed by atoms with E-state index in [1.165, 1.54) is 10.9 Å². The molecule has 3 nitrogen and oxygen atoms in total. The molecule has 0 amide bonds. The average Bonchev–Trinajstić information content (AvgIpc) is 2.43. The van der Waals surface area contributed by atoms with Gasteiger partial charge in [0.1, 0.15) is 0 Å². The molecular formula is C18H26N2O. The third-order valence-corrected chi connectivity index (χ3v) is 3.44. The third-order valence-electron chi connectivity index (χ3n) is 3.44. The van der Waals surface area contributed by atoms with Crippen molar-refractivity contribution in [3.05, 3.63) is 42.1 Å². The van der Waals surface area contributed by atoms with Crippen molar-refractivity contribution in [3.63, 3.8) is 0 Å². The minimum atomic E-state index is 0.244. The number of hydrogen-bond donors (Lipinski definition) is 1. The van der Waals surface area contributed by atoms with E-state index in [0.717, 1.165) is 31.6 Å². The topological polar surface area (TPSA) is 36.4 Å². The lowest BCUT2D eigenvalue weighted by Crippen LogP contribution is -2.33. The molecule has 1 heterocycles. The normalized spacial score (nSPS) is 12.2. The highest BCUT2D eigenvalue weighted by atomic mass is 16.3. The number of nitrogens with zero attached hydrogens (tertiary/aromatic N) is 2. The van der Waals surface area contributed by atoms with E-state index in [9.17, 15) is 0 Å². The van der Waals surface area contributed by atoms with Crippen molar-refractivity contribution in [2.45, 2.75) is 33.7 Å². The van der Waals surface area contributed by atoms with Crippen LogP contribution >= 0.6 is 0 Å². The molecule has 0 radical (unpaired) electrons. The first-order chi connectivity index (χ1) is 9.99. The van der Waals surface area contributed by atoms with E-state index in [4.69, 9.17) is 5.11 Å². The van der Waals surface area contributed by atoms with E-state index in [-0.39, 0.29) is 12.0 Å². The monoisotopic (exact) mass is 286 g/mol. The van der Waals surface area contributed by atoms with Gasteiger partial charge in [0.05, 0.1) is 5.52 Å². The van der Waals surface area contributed by atoms with Crippen LogP contribution in [0.4, 0.5) is 0 Å². The molecule has 0 atom stereocenters. The standard InChI is InChI=1S/C18H26N2O/c1-18(2,3)14-20(11-6-12-21)13-16-8-4-7-15-9-5-10-19-17(15)16/h4-5,7-10,21H,6,11-14H2,1-3H3. The maximum absolute atomic E-state index is 9.11. The van der Waals surface area contributed by atoms with Crippen molar-refractivity contribution in [1.29, 1.82) is 0 Å². The summed E-state index contributed by atoms with van der Waals surface area (Å²) in [4.78, 5) is 6.95. The second kappa shape index (κ2) is 7.01. The molecule has 1 N–H and O–H groups in total. The summed E-state index contributed by atoms with van der Waals surface area (Å²) in [6, 6.07) is 10.4. The molecule has 0 saturated heterocycles. The Labute approximate surface area is 127 Å². The minimum absolute atomic E-state index is 0.244. The van der Waals surface area contributed by atoms with Crippen molar-refractivity contribution in [2.24, 2.45) is 5.41 Å². The largest absolute Gasteiger partial charge is 0.396 e. The van der Waals surface area contributed by atoms with Crippen LogP contribution in [-0.4, -0.2) is 34.7 Å². The number of aromatic nitrogens is 1. The average molecular weight is 286 g/mol. The fourth-order valence-electron chi connectivity index (χ4n) is 2.72. The Kier molecular flexibility index (Phi) is 5.32. The molecule has 0 aliphatic rings. The summed E-state index contributed by atoms with van der Waals surface area (Å²) in [5.41, 5.74) is 2.59. The lowest BCUT2D eigenvalue weighted by molar-refractivity contribution is 0.166. The summed E-state index contributed by atoms with van der Waals surface area (Å²) in [7, 11) is 0. The van der Waals surface area contributed by atoms with Crippen LogP contribution in [0.3, 0.4) is 0 Å². The molecule has 0 unspecified atom stereocenters. The van der Waals surface area contributed by atoms with Crippen molar-refractivity contribution >= 4 is 10.9 Å². The van der Waals surface area contributed by atoms with E-state index < -0.39 is 0 Å². The lowest BCUT2D eigenvalue weighted by atomic mass is 9.95. The number of hydrogen-bond acceptors (Lipinski definition) is 3. The number of fused-ring (bicyclic) bond motifs is 1. The zero-order chi connectivity index (χ0) is 15.3. The molecule has 0 saturated carbocycles. The van der Waals surface area contributed by atoms with Crippen molar-refractivity contribution in [2.75, 3.05) is 19.7 Å². The highest BCUT2D eigenvalue weighted by molar-refractivity contribution is 5.81. The predicted molar refractivity (Wildman–Crippen MR) is 88.2 cm³/mol. The Balaban J connectivity index is 2.21. The number of rotatable bonds is 6. The Morgan fingerprint density at radius 1 is 1.14 bits per heavy atom. The molecule has 0 aliphatic heterocycles. The van der Waals surface area contributed by atoms with E-state index in [2.05, 4.69) is 54.9 Å². The number of aliphatic hydroxyl groups is 1. The zero-order valence-corrected chi connectivity index (χ0v) is 13.3. The van der Waals surface area contributed by atoms with Gasteiger partial charge in [0.15, 0.2) is 0 Å². The summed E-state index contributed by atoms with van der Waals surface area (Å²) in [5.74, 6) is 0. The molecule has 2 aromatic rings. The summed E-state index contributed by atoms with van der Waals surface area (Å²) < 4.78 is 0. The van der Waals surface area contributed by atoms with Gasteiger partial charge in [-0.1, -0.05) is 45.0 Å². The van der Waals surface area contributed by atoms with Gasteiger partial charge in [-0.2, -0.15) is 0 Å². The molecule has 21 heavy (non-hydrogen) atoms. The van der Waals surface area contributed by atoms with Crippen molar-refractivity contribution in [1.82, 2.24) is 9.88 Å². The third kappa shape index (κ3) is 4.80. The number of aliphatic hydroxyl groups excluding tert-OH is 1. The number of para-hydroxylation sites is 1. The summed E-state index contributed by atoms with van der Waals surface area (Å²) in [6.07, 6.45) is 2.67. The fourth-order valence-corrected chi connectivity index (χ4v) is 2.72. The van der Waals surface area contributed by atoms with Gasteiger partial charge < -0.3 is 5.11 Å². The van der Waals surface area contributed by atoms with Gasteiger partial charge in [-0.25, -0.2) is 0 Å². The Bertz CT molecular complexity index is 569. The summed E-state index contributed by atoms with van der Waals surface area (Å²) in [6.45, 7) is 9.80. The van der Waals surface area contributed by atoms with Crippen LogP contribution in [0.25, 0.3) is 10.9 Å². The van der Waals surface area contributed by atoms with Crippen LogP contribution in [0.2, 0.25) is 0 Å². The first kappa shape index (κ1) is 15.9. The fraction of sp³-hybridized carbons (Fsp3) is 0.500. The molecule has 1 aromatic heterocycles. The molecule has 0 fully saturated rings. The Morgan fingerprint density at radius 3 is 2.62 bits per heavy atom. The van der Waals surface area contributed by atoms with Gasteiger partial charge in [-0.15, -0.1) is 0 Å². The lowest BCUT2D eigenvalue weighted by Gasteiger charge is -2.30. The molecule has 0 aliphatic carbocycles. The maximum atomic E-state index is 9.11. The number of pyridine rings is 1. The predicted octanol–water partition coefficient (Wildman–Crippen LogP) is 3.47. The first-order valence-corrected chi connectivity index (χ1v) is 7.65. The molecule has 2 rings (SSSR count). The Morgan fingerprint density at radius 2 is 1.90 bits per heavy atom. The van der Waals surface area contributed by atoms with Gasteiger partial charge in [0.25, 0.3) is 0 Å². The van der Waals surface area contributed by atoms with Crippen molar-refractivity contribution in [3.8, 4) is 0 Å². The number of benzene rings is 1. The minimum Gasteiger partial charge on any atom is -0.396 e. The zero-order valence-electron chi connectivity index (χ0n) is 13.3. The highest BCUT2D eigenvalue weighted by Gasteiger charge is 2.17. The molecule has 3 heteroatoms. The molecule has 0 spiro atoms. The van der Waals surface area contributed by atoms with E-state index in [0.29, 0.717) is 0 Å². The van der Waals surface area contributed by atoms with Crippen LogP contribution in [0.5, 0.6) is 0 Å². The SMILES string of the molecule is CC(C)(C)CN(CCCO)Cc1cccc2cccnc12. The van der Waals surface area contributed by atoms with Crippen LogP contribution in [0.15, 0.2) is 36.5 Å². The van der Waals surface area contributed by atoms with Crippen LogP contribution in [0, 0.1) is 5.41 Å². The second-order valence-corrected chi connectivity index (χ2v) is 6.84. The van der Waals surface area contributed by atoms with E-state index in [1.807, 2.05) is 12.3 Å². The summed E-state index contributed by atoms with van der Waals surface area (Å²) in [5, 5.41) is 10.3. The van der Waals surface area contributed by atoms with E-state index >= 15 is 0 Å².